The number of aliphatic hydroxyl groups is 1. The molecule has 0 unspecified atom stereocenters. The molecule has 0 aliphatic heterocycles. The van der Waals surface area contributed by atoms with Gasteiger partial charge in [0.15, 0.2) is 0 Å². The fourth-order valence-corrected chi connectivity index (χ4v) is 1.77. The van der Waals surface area contributed by atoms with Crippen LogP contribution in [0.5, 0.6) is 0 Å². The standard InChI is InChI=1S/C14H15NO/c1-11(13-8-5-9-15-10-13)14(16)12-6-3-2-4-7-12/h2-11,14,16H,1H3/t11-,14-/m1/s1. The monoisotopic (exact) mass is 213 g/mol. The van der Waals surface area contributed by atoms with Gasteiger partial charge < -0.3 is 5.11 Å². The lowest BCUT2D eigenvalue weighted by Gasteiger charge is -2.19. The molecule has 1 N–H and O–H groups in total. The summed E-state index contributed by atoms with van der Waals surface area (Å²) in [5, 5.41) is 10.2. The zero-order chi connectivity index (χ0) is 11.4. The highest BCUT2D eigenvalue weighted by Gasteiger charge is 2.17. The normalized spacial score (nSPS) is 14.4. The second-order valence-corrected chi connectivity index (χ2v) is 3.93. The van der Waals surface area contributed by atoms with E-state index in [2.05, 4.69) is 4.98 Å². The van der Waals surface area contributed by atoms with Gasteiger partial charge in [-0.1, -0.05) is 43.3 Å². The molecule has 0 bridgehead atoms. The summed E-state index contributed by atoms with van der Waals surface area (Å²) in [5.74, 6) is 0.0519. The third-order valence-electron chi connectivity index (χ3n) is 2.82. The van der Waals surface area contributed by atoms with Crippen LogP contribution >= 0.6 is 0 Å². The van der Waals surface area contributed by atoms with Crippen LogP contribution in [0, 0.1) is 0 Å². The van der Waals surface area contributed by atoms with Crippen LogP contribution < -0.4 is 0 Å². The van der Waals surface area contributed by atoms with Crippen molar-refractivity contribution in [1.29, 1.82) is 0 Å². The predicted molar refractivity (Wildman–Crippen MR) is 64.1 cm³/mol. The third kappa shape index (κ3) is 2.28. The lowest BCUT2D eigenvalue weighted by Crippen LogP contribution is -2.07. The molecule has 0 saturated carbocycles. The molecule has 2 aromatic rings. The molecule has 0 aliphatic rings. The molecule has 2 atom stereocenters. The summed E-state index contributed by atoms with van der Waals surface area (Å²) in [6.07, 6.45) is 3.06. The highest BCUT2D eigenvalue weighted by molar-refractivity contribution is 5.24. The van der Waals surface area contributed by atoms with Crippen LogP contribution in [0.2, 0.25) is 0 Å². The van der Waals surface area contributed by atoms with Crippen LogP contribution in [0.4, 0.5) is 0 Å². The summed E-state index contributed by atoms with van der Waals surface area (Å²) in [6.45, 7) is 2.01. The van der Waals surface area contributed by atoms with Crippen molar-refractivity contribution < 1.29 is 5.11 Å². The summed E-state index contributed by atoms with van der Waals surface area (Å²) >= 11 is 0. The Balaban J connectivity index is 2.20. The van der Waals surface area contributed by atoms with Gasteiger partial charge in [-0.25, -0.2) is 0 Å². The van der Waals surface area contributed by atoms with Crippen LogP contribution in [-0.2, 0) is 0 Å². The maximum atomic E-state index is 10.2. The van der Waals surface area contributed by atoms with Crippen molar-refractivity contribution in [2.75, 3.05) is 0 Å². The van der Waals surface area contributed by atoms with Gasteiger partial charge in [0.25, 0.3) is 0 Å². The first kappa shape index (κ1) is 10.8. The van der Waals surface area contributed by atoms with E-state index >= 15 is 0 Å². The molecule has 2 rings (SSSR count). The molecular formula is C14H15NO. The Morgan fingerprint density at radius 1 is 1.00 bits per heavy atom. The third-order valence-corrected chi connectivity index (χ3v) is 2.82. The van der Waals surface area contributed by atoms with Crippen molar-refractivity contribution in [1.82, 2.24) is 4.98 Å². The van der Waals surface area contributed by atoms with Crippen LogP contribution in [0.25, 0.3) is 0 Å². The van der Waals surface area contributed by atoms with Crippen LogP contribution in [0.1, 0.15) is 30.1 Å². The second-order valence-electron chi connectivity index (χ2n) is 3.93. The van der Waals surface area contributed by atoms with Crippen molar-refractivity contribution in [2.24, 2.45) is 0 Å². The van der Waals surface area contributed by atoms with E-state index in [9.17, 15) is 5.11 Å². The molecule has 2 nitrogen and oxygen atoms in total. The fraction of sp³-hybridized carbons (Fsp3) is 0.214. The molecule has 1 aromatic heterocycles. The average molecular weight is 213 g/mol. The quantitative estimate of drug-likeness (QED) is 0.850. The van der Waals surface area contributed by atoms with Gasteiger partial charge in [-0.2, -0.15) is 0 Å². The van der Waals surface area contributed by atoms with Crippen LogP contribution in [0.3, 0.4) is 0 Å². The topological polar surface area (TPSA) is 33.1 Å². The van der Waals surface area contributed by atoms with Gasteiger partial charge in [-0.05, 0) is 17.2 Å². The number of pyridine rings is 1. The Hall–Kier alpha value is -1.67. The molecule has 0 amide bonds. The number of hydrogen-bond acceptors (Lipinski definition) is 2. The first-order chi connectivity index (χ1) is 7.79. The van der Waals surface area contributed by atoms with Crippen LogP contribution in [-0.4, -0.2) is 10.1 Å². The molecule has 0 aliphatic carbocycles. The molecule has 0 radical (unpaired) electrons. The molecule has 16 heavy (non-hydrogen) atoms. The van der Waals surface area contributed by atoms with E-state index in [1.807, 2.05) is 49.4 Å². The van der Waals surface area contributed by atoms with E-state index in [0.29, 0.717) is 0 Å². The zero-order valence-electron chi connectivity index (χ0n) is 9.25. The summed E-state index contributed by atoms with van der Waals surface area (Å²) < 4.78 is 0. The first-order valence-corrected chi connectivity index (χ1v) is 5.42. The Kier molecular flexibility index (Phi) is 3.32. The van der Waals surface area contributed by atoms with E-state index in [0.717, 1.165) is 11.1 Å². The van der Waals surface area contributed by atoms with Gasteiger partial charge in [0.1, 0.15) is 0 Å². The zero-order valence-corrected chi connectivity index (χ0v) is 9.25. The average Bonchev–Trinajstić information content (AvgIpc) is 2.39. The number of hydrogen-bond donors (Lipinski definition) is 1. The molecule has 1 aromatic carbocycles. The lowest BCUT2D eigenvalue weighted by atomic mass is 9.92. The minimum atomic E-state index is -0.481. The Morgan fingerprint density at radius 2 is 1.69 bits per heavy atom. The summed E-state index contributed by atoms with van der Waals surface area (Å²) in [4.78, 5) is 4.07. The number of benzene rings is 1. The molecule has 0 saturated heterocycles. The number of aliphatic hydroxyl groups excluding tert-OH is 1. The summed E-state index contributed by atoms with van der Waals surface area (Å²) in [5.41, 5.74) is 2.00. The van der Waals surface area contributed by atoms with Crippen molar-refractivity contribution in [3.05, 3.63) is 66.0 Å². The highest BCUT2D eigenvalue weighted by Crippen LogP contribution is 2.29. The maximum Gasteiger partial charge on any atom is 0.0856 e. The maximum absolute atomic E-state index is 10.2. The van der Waals surface area contributed by atoms with Gasteiger partial charge in [0, 0.05) is 18.3 Å². The molecule has 0 spiro atoms. The van der Waals surface area contributed by atoms with Crippen molar-refractivity contribution in [2.45, 2.75) is 18.9 Å². The SMILES string of the molecule is C[C@H](c1cccnc1)[C@@H](O)c1ccccc1. The molecule has 0 fully saturated rings. The van der Waals surface area contributed by atoms with E-state index in [1.54, 1.807) is 12.4 Å². The minimum absolute atomic E-state index is 0.0519. The Bertz CT molecular complexity index is 384. The van der Waals surface area contributed by atoms with Crippen molar-refractivity contribution in [3.63, 3.8) is 0 Å². The molecule has 2 heteroatoms. The van der Waals surface area contributed by atoms with E-state index in [4.69, 9.17) is 0 Å². The predicted octanol–water partition coefficient (Wildman–Crippen LogP) is 2.92. The number of rotatable bonds is 3. The van der Waals surface area contributed by atoms with Crippen molar-refractivity contribution in [3.8, 4) is 0 Å². The molecular weight excluding hydrogens is 198 g/mol. The first-order valence-electron chi connectivity index (χ1n) is 5.42. The number of nitrogens with zero attached hydrogens (tertiary/aromatic N) is 1. The lowest BCUT2D eigenvalue weighted by molar-refractivity contribution is 0.151. The van der Waals surface area contributed by atoms with E-state index in [-0.39, 0.29) is 5.92 Å². The van der Waals surface area contributed by atoms with Gasteiger partial charge >= 0.3 is 0 Å². The van der Waals surface area contributed by atoms with E-state index < -0.39 is 6.10 Å². The smallest absolute Gasteiger partial charge is 0.0856 e. The fourth-order valence-electron chi connectivity index (χ4n) is 1.77. The Morgan fingerprint density at radius 3 is 2.31 bits per heavy atom. The molecule has 1 heterocycles. The minimum Gasteiger partial charge on any atom is -0.388 e. The number of aromatic nitrogens is 1. The van der Waals surface area contributed by atoms with Gasteiger partial charge in [0.05, 0.1) is 6.10 Å². The van der Waals surface area contributed by atoms with Gasteiger partial charge in [0.2, 0.25) is 0 Å². The van der Waals surface area contributed by atoms with Crippen LogP contribution in [0.15, 0.2) is 54.9 Å². The largest absolute Gasteiger partial charge is 0.388 e. The molecule has 82 valence electrons. The summed E-state index contributed by atoms with van der Waals surface area (Å²) in [6, 6.07) is 13.6. The van der Waals surface area contributed by atoms with Gasteiger partial charge in [-0.15, -0.1) is 0 Å². The summed E-state index contributed by atoms with van der Waals surface area (Å²) in [7, 11) is 0. The Labute approximate surface area is 95.6 Å². The van der Waals surface area contributed by atoms with E-state index in [1.165, 1.54) is 0 Å². The second kappa shape index (κ2) is 4.90. The van der Waals surface area contributed by atoms with Crippen molar-refractivity contribution >= 4 is 0 Å². The van der Waals surface area contributed by atoms with Gasteiger partial charge in [-0.3, -0.25) is 4.98 Å². The highest BCUT2D eigenvalue weighted by atomic mass is 16.3.